The van der Waals surface area contributed by atoms with Crippen LogP contribution in [-0.2, 0) is 4.74 Å². The van der Waals surface area contributed by atoms with Crippen molar-refractivity contribution in [2.24, 2.45) is 0 Å². The summed E-state index contributed by atoms with van der Waals surface area (Å²) in [6.07, 6.45) is 1.77. The first-order valence-electron chi connectivity index (χ1n) is 4.11. The Hall–Kier alpha value is -1.75. The van der Waals surface area contributed by atoms with Crippen LogP contribution >= 0.6 is 11.3 Å². The van der Waals surface area contributed by atoms with E-state index in [1.807, 2.05) is 0 Å². The Kier molecular flexibility index (Phi) is 2.24. The maximum absolute atomic E-state index is 11.7. The highest BCUT2D eigenvalue weighted by Crippen LogP contribution is 2.28. The maximum Gasteiger partial charge on any atom is 0.229 e. The second-order valence-corrected chi connectivity index (χ2v) is 4.00. The highest BCUT2D eigenvalue weighted by atomic mass is 32.1. The zero-order valence-corrected chi connectivity index (χ0v) is 8.59. The number of Topliss-reactive ketones (excluding diaryl/α,β-unsaturated/α-hetero) is 1. The van der Waals surface area contributed by atoms with Gasteiger partial charge < -0.3 is 4.74 Å². The topological polar surface area (TPSA) is 60.4 Å². The van der Waals surface area contributed by atoms with Gasteiger partial charge in [0.1, 0.15) is 0 Å². The lowest BCUT2D eigenvalue weighted by molar-refractivity contribution is 0.0919. The molecule has 1 aliphatic carbocycles. The molecule has 1 aromatic heterocycles. The molecule has 0 saturated heterocycles. The van der Waals surface area contributed by atoms with Gasteiger partial charge in [-0.3, -0.25) is 14.4 Å². The third-order valence-corrected chi connectivity index (χ3v) is 3.12. The van der Waals surface area contributed by atoms with Crippen LogP contribution in [0.3, 0.4) is 0 Å². The Labute approximate surface area is 89.2 Å². The molecular formula is C10H6O4S. The SMILES string of the molecule is COC1=CC(=O)c2sc(C=O)cc2C1=O. The van der Waals surface area contributed by atoms with Crippen LogP contribution in [0.2, 0.25) is 0 Å². The largest absolute Gasteiger partial charge is 0.492 e. The molecule has 0 fully saturated rings. The van der Waals surface area contributed by atoms with Crippen LogP contribution in [0.5, 0.6) is 0 Å². The molecule has 1 heterocycles. The molecule has 0 N–H and O–H groups in total. The fourth-order valence-corrected chi connectivity index (χ4v) is 2.24. The van der Waals surface area contributed by atoms with Crippen LogP contribution in [0, 0.1) is 0 Å². The lowest BCUT2D eigenvalue weighted by atomic mass is 10.0. The molecule has 0 spiro atoms. The van der Waals surface area contributed by atoms with Crippen molar-refractivity contribution in [2.45, 2.75) is 0 Å². The minimum Gasteiger partial charge on any atom is -0.492 e. The number of carbonyl (C=O) groups is 3. The van der Waals surface area contributed by atoms with Crippen molar-refractivity contribution in [3.05, 3.63) is 33.2 Å². The fraction of sp³-hybridized carbons (Fsp3) is 0.100. The molecule has 1 aromatic rings. The summed E-state index contributed by atoms with van der Waals surface area (Å²) >= 11 is 1.02. The smallest absolute Gasteiger partial charge is 0.229 e. The number of allylic oxidation sites excluding steroid dienone is 2. The standard InChI is InChI=1S/C10H6O4S/c1-14-8-3-7(12)10-6(9(8)13)2-5(4-11)15-10/h2-4H,1H3. The van der Waals surface area contributed by atoms with Crippen molar-refractivity contribution in [1.82, 2.24) is 0 Å². The zero-order valence-electron chi connectivity index (χ0n) is 7.77. The van der Waals surface area contributed by atoms with Crippen molar-refractivity contribution in [1.29, 1.82) is 0 Å². The van der Waals surface area contributed by atoms with Gasteiger partial charge >= 0.3 is 0 Å². The Balaban J connectivity index is 2.58. The minimum absolute atomic E-state index is 0.0164. The quantitative estimate of drug-likeness (QED) is 0.711. The number of fused-ring (bicyclic) bond motifs is 1. The second-order valence-electron chi connectivity index (χ2n) is 2.92. The molecule has 76 valence electrons. The highest BCUT2D eigenvalue weighted by Gasteiger charge is 2.28. The molecule has 0 amide bonds. The summed E-state index contributed by atoms with van der Waals surface area (Å²) < 4.78 is 4.78. The third kappa shape index (κ3) is 1.41. The second kappa shape index (κ2) is 3.43. The van der Waals surface area contributed by atoms with E-state index in [0.717, 1.165) is 17.4 Å². The van der Waals surface area contributed by atoms with Gasteiger partial charge in [-0.25, -0.2) is 0 Å². The number of aldehydes is 1. The average molecular weight is 222 g/mol. The first kappa shape index (κ1) is 9.79. The number of carbonyl (C=O) groups excluding carboxylic acids is 3. The maximum atomic E-state index is 11.7. The molecule has 0 aromatic carbocycles. The van der Waals surface area contributed by atoms with Crippen LogP contribution in [0.1, 0.15) is 29.7 Å². The number of thiophene rings is 1. The van der Waals surface area contributed by atoms with Crippen molar-refractivity contribution in [3.63, 3.8) is 0 Å². The summed E-state index contributed by atoms with van der Waals surface area (Å²) in [4.78, 5) is 34.4. The summed E-state index contributed by atoms with van der Waals surface area (Å²) in [5.74, 6) is -0.626. The first-order valence-corrected chi connectivity index (χ1v) is 4.92. The Morgan fingerprint density at radius 2 is 2.13 bits per heavy atom. The number of rotatable bonds is 2. The van der Waals surface area contributed by atoms with E-state index in [2.05, 4.69) is 0 Å². The molecule has 0 saturated carbocycles. The van der Waals surface area contributed by atoms with Crippen molar-refractivity contribution < 1.29 is 19.1 Å². The van der Waals surface area contributed by atoms with E-state index >= 15 is 0 Å². The van der Waals surface area contributed by atoms with E-state index in [1.54, 1.807) is 0 Å². The molecule has 0 atom stereocenters. The zero-order chi connectivity index (χ0) is 11.0. The van der Waals surface area contributed by atoms with E-state index in [4.69, 9.17) is 4.74 Å². The van der Waals surface area contributed by atoms with Gasteiger partial charge in [-0.2, -0.15) is 0 Å². The van der Waals surface area contributed by atoms with Gasteiger partial charge in [0.05, 0.1) is 16.9 Å². The average Bonchev–Trinajstić information content (AvgIpc) is 2.68. The van der Waals surface area contributed by atoms with E-state index < -0.39 is 0 Å². The van der Waals surface area contributed by atoms with E-state index in [9.17, 15) is 14.4 Å². The Morgan fingerprint density at radius 1 is 1.40 bits per heavy atom. The molecule has 0 aliphatic heterocycles. The molecule has 0 radical (unpaired) electrons. The van der Waals surface area contributed by atoms with Crippen LogP contribution in [0.25, 0.3) is 0 Å². The van der Waals surface area contributed by atoms with Crippen LogP contribution in [0.4, 0.5) is 0 Å². The Morgan fingerprint density at radius 3 is 2.73 bits per heavy atom. The molecule has 5 heteroatoms. The van der Waals surface area contributed by atoms with Crippen molar-refractivity contribution >= 4 is 29.2 Å². The van der Waals surface area contributed by atoms with Gasteiger partial charge in [0, 0.05) is 11.6 Å². The number of hydrogen-bond donors (Lipinski definition) is 0. The van der Waals surface area contributed by atoms with Gasteiger partial charge in [-0.15, -0.1) is 11.3 Å². The van der Waals surface area contributed by atoms with Gasteiger partial charge in [-0.05, 0) is 6.07 Å². The Bertz CT molecular complexity index is 496. The predicted molar refractivity (Wildman–Crippen MR) is 53.5 cm³/mol. The van der Waals surface area contributed by atoms with Gasteiger partial charge in [0.2, 0.25) is 5.78 Å². The summed E-state index contributed by atoms with van der Waals surface area (Å²) in [5.41, 5.74) is 0.256. The van der Waals surface area contributed by atoms with Crippen LogP contribution < -0.4 is 0 Å². The summed E-state index contributed by atoms with van der Waals surface area (Å²) in [6.45, 7) is 0. The number of ketones is 2. The lowest BCUT2D eigenvalue weighted by Gasteiger charge is -2.09. The third-order valence-electron chi connectivity index (χ3n) is 2.04. The van der Waals surface area contributed by atoms with Gasteiger partial charge in [0.15, 0.2) is 17.8 Å². The van der Waals surface area contributed by atoms with E-state index in [0.29, 0.717) is 16.0 Å². The van der Waals surface area contributed by atoms with Crippen LogP contribution in [0.15, 0.2) is 17.9 Å². The number of methoxy groups -OCH3 is 1. The van der Waals surface area contributed by atoms with E-state index in [-0.39, 0.29) is 22.9 Å². The van der Waals surface area contributed by atoms with Gasteiger partial charge in [-0.1, -0.05) is 0 Å². The molecule has 2 rings (SSSR count). The minimum atomic E-state index is -0.351. The number of ether oxygens (including phenoxy) is 1. The fourth-order valence-electron chi connectivity index (χ4n) is 1.35. The molecule has 1 aliphatic rings. The van der Waals surface area contributed by atoms with Crippen LogP contribution in [-0.4, -0.2) is 25.0 Å². The molecule has 15 heavy (non-hydrogen) atoms. The molecule has 0 unspecified atom stereocenters. The van der Waals surface area contributed by atoms with Gasteiger partial charge in [0.25, 0.3) is 0 Å². The molecule has 0 bridgehead atoms. The van der Waals surface area contributed by atoms with Crippen molar-refractivity contribution in [2.75, 3.05) is 7.11 Å². The molecule has 4 nitrogen and oxygen atoms in total. The van der Waals surface area contributed by atoms with Crippen molar-refractivity contribution in [3.8, 4) is 0 Å². The molecular weight excluding hydrogens is 216 g/mol. The first-order chi connectivity index (χ1) is 7.17. The predicted octanol–water partition coefficient (Wildman–Crippen LogP) is 1.47. The summed E-state index contributed by atoms with van der Waals surface area (Å²) in [6, 6.07) is 1.42. The lowest BCUT2D eigenvalue weighted by Crippen LogP contribution is -2.15. The number of hydrogen-bond acceptors (Lipinski definition) is 5. The normalized spacial score (nSPS) is 14.6. The summed E-state index contributed by atoms with van der Waals surface area (Å²) in [7, 11) is 1.33. The monoisotopic (exact) mass is 222 g/mol. The highest BCUT2D eigenvalue weighted by molar-refractivity contribution is 7.16. The van der Waals surface area contributed by atoms with E-state index in [1.165, 1.54) is 13.2 Å². The summed E-state index contributed by atoms with van der Waals surface area (Å²) in [5, 5.41) is 0.